The standard InChI is InChI=1S/C11H14O2/c1-7-5-8(2)11(9(3)6-7)13-10(4)12/h5-6H,1-4H3/i1D3,2D3,3D3,5D,6D. The summed E-state index contributed by atoms with van der Waals surface area (Å²) in [5, 5.41) is 0. The van der Waals surface area contributed by atoms with Crippen LogP contribution in [0.15, 0.2) is 12.1 Å². The van der Waals surface area contributed by atoms with E-state index in [0.717, 1.165) is 6.92 Å². The van der Waals surface area contributed by atoms with Gasteiger partial charge in [0.05, 0.1) is 2.74 Å². The van der Waals surface area contributed by atoms with E-state index < -0.39 is 61.0 Å². The summed E-state index contributed by atoms with van der Waals surface area (Å²) in [7, 11) is 0. The van der Waals surface area contributed by atoms with Gasteiger partial charge in [-0.25, -0.2) is 0 Å². The summed E-state index contributed by atoms with van der Waals surface area (Å²) in [5.41, 5.74) is -3.06. The Labute approximate surface area is 94.0 Å². The van der Waals surface area contributed by atoms with Crippen molar-refractivity contribution in [2.45, 2.75) is 27.5 Å². The molecule has 0 aromatic heterocycles. The number of hydrogen-bond acceptors (Lipinski definition) is 2. The maximum absolute atomic E-state index is 11.3. The van der Waals surface area contributed by atoms with Crippen LogP contribution in [0, 0.1) is 20.6 Å². The highest BCUT2D eigenvalue weighted by Gasteiger charge is 2.06. The maximum atomic E-state index is 11.3. The van der Waals surface area contributed by atoms with E-state index in [1.54, 1.807) is 0 Å². The first kappa shape index (κ1) is 2.59. The molecular weight excluding hydrogens is 164 g/mol. The Kier molecular flexibility index (Phi) is 0.719. The van der Waals surface area contributed by atoms with Crippen molar-refractivity contribution in [1.82, 2.24) is 0 Å². The zero-order chi connectivity index (χ0) is 19.2. The van der Waals surface area contributed by atoms with Gasteiger partial charge in [-0.1, -0.05) is 17.6 Å². The molecule has 13 heavy (non-hydrogen) atoms. The quantitative estimate of drug-likeness (QED) is 0.501. The first-order chi connectivity index (χ1) is 10.5. The molecule has 0 saturated carbocycles. The van der Waals surface area contributed by atoms with Gasteiger partial charge in [0.25, 0.3) is 0 Å². The van der Waals surface area contributed by atoms with E-state index in [1.807, 2.05) is 0 Å². The van der Waals surface area contributed by atoms with Crippen LogP contribution in [0.1, 0.15) is 38.7 Å². The lowest BCUT2D eigenvalue weighted by Gasteiger charge is -2.09. The molecule has 0 heterocycles. The fourth-order valence-electron chi connectivity index (χ4n) is 0.766. The highest BCUT2D eigenvalue weighted by molar-refractivity contribution is 5.70. The summed E-state index contributed by atoms with van der Waals surface area (Å²) in [6, 6.07) is -2.13. The topological polar surface area (TPSA) is 26.3 Å². The molecule has 1 aromatic rings. The van der Waals surface area contributed by atoms with E-state index in [9.17, 15) is 4.79 Å². The van der Waals surface area contributed by atoms with Crippen LogP contribution in [0.25, 0.3) is 0 Å². The molecule has 0 unspecified atom stereocenters. The molecule has 0 atom stereocenters. The third-order valence-electron chi connectivity index (χ3n) is 1.20. The number of rotatable bonds is 1. The van der Waals surface area contributed by atoms with Gasteiger partial charge >= 0.3 is 5.97 Å². The Morgan fingerprint density at radius 3 is 2.38 bits per heavy atom. The largest absolute Gasteiger partial charge is 0.426 e. The molecule has 0 aliphatic heterocycles. The average Bonchev–Trinajstić information content (AvgIpc) is 2.20. The van der Waals surface area contributed by atoms with Crippen LogP contribution in [0.4, 0.5) is 0 Å². The molecule has 2 heteroatoms. The van der Waals surface area contributed by atoms with Gasteiger partial charge in [0, 0.05) is 19.3 Å². The summed E-state index contributed by atoms with van der Waals surface area (Å²) in [5.74, 6) is -2.04. The molecule has 0 amide bonds. The van der Waals surface area contributed by atoms with Crippen LogP contribution in [0.3, 0.4) is 0 Å². The Hall–Kier alpha value is -1.31. The van der Waals surface area contributed by atoms with Gasteiger partial charge in [-0.15, -0.1) is 0 Å². The third-order valence-corrected chi connectivity index (χ3v) is 1.20. The van der Waals surface area contributed by atoms with Gasteiger partial charge in [-0.3, -0.25) is 4.79 Å². The molecule has 0 N–H and O–H groups in total. The molecule has 2 nitrogen and oxygen atoms in total. The summed E-state index contributed by atoms with van der Waals surface area (Å²) >= 11 is 0. The van der Waals surface area contributed by atoms with Crippen molar-refractivity contribution in [2.24, 2.45) is 0 Å². The Morgan fingerprint density at radius 2 is 2.00 bits per heavy atom. The van der Waals surface area contributed by atoms with Crippen LogP contribution in [-0.4, -0.2) is 5.97 Å². The van der Waals surface area contributed by atoms with Crippen LogP contribution in [-0.2, 0) is 4.79 Å². The van der Waals surface area contributed by atoms with E-state index >= 15 is 0 Å². The van der Waals surface area contributed by atoms with E-state index in [0.29, 0.717) is 0 Å². The van der Waals surface area contributed by atoms with Crippen LogP contribution >= 0.6 is 0 Å². The van der Waals surface area contributed by atoms with Crippen molar-refractivity contribution in [3.8, 4) is 5.75 Å². The number of carbonyl (C=O) groups excluding carboxylic acids is 1. The number of esters is 1. The maximum Gasteiger partial charge on any atom is 0.308 e. The van der Waals surface area contributed by atoms with Crippen LogP contribution in [0.2, 0.25) is 0 Å². The molecule has 70 valence electrons. The molecule has 0 fully saturated rings. The van der Waals surface area contributed by atoms with Gasteiger partial charge in [0.2, 0.25) is 0 Å². The summed E-state index contributed by atoms with van der Waals surface area (Å²) in [4.78, 5) is 11.3. The normalized spacial score (nSPS) is 25.2. The van der Waals surface area contributed by atoms with Crippen molar-refractivity contribution >= 4 is 5.97 Å². The van der Waals surface area contributed by atoms with Crippen molar-refractivity contribution in [3.63, 3.8) is 0 Å². The average molecular weight is 189 g/mol. The summed E-state index contributed by atoms with van der Waals surface area (Å²) < 4.78 is 87.4. The fraction of sp³-hybridized carbons (Fsp3) is 0.364. The molecule has 0 radical (unpaired) electrons. The molecule has 0 spiro atoms. The molecule has 0 bridgehead atoms. The monoisotopic (exact) mass is 189 g/mol. The number of ether oxygens (including phenoxy) is 1. The highest BCUT2D eigenvalue weighted by Crippen LogP contribution is 2.24. The molecule has 0 aliphatic carbocycles. The molecule has 0 aliphatic rings. The second kappa shape index (κ2) is 3.60. The van der Waals surface area contributed by atoms with Crippen molar-refractivity contribution in [1.29, 1.82) is 0 Å². The van der Waals surface area contributed by atoms with Gasteiger partial charge in [-0.2, -0.15) is 0 Å². The smallest absolute Gasteiger partial charge is 0.308 e. The lowest BCUT2D eigenvalue weighted by Crippen LogP contribution is -2.04. The zero-order valence-corrected chi connectivity index (χ0v) is 6.82. The van der Waals surface area contributed by atoms with E-state index in [-0.39, 0.29) is 0 Å². The van der Waals surface area contributed by atoms with Gasteiger partial charge in [0.1, 0.15) is 5.75 Å². The second-order valence-corrected chi connectivity index (χ2v) is 2.30. The predicted molar refractivity (Wildman–Crippen MR) is 52.0 cm³/mol. The van der Waals surface area contributed by atoms with Crippen molar-refractivity contribution in [3.05, 3.63) is 28.8 Å². The Morgan fingerprint density at radius 1 is 1.38 bits per heavy atom. The lowest BCUT2D eigenvalue weighted by atomic mass is 10.1. The summed E-state index contributed by atoms with van der Waals surface area (Å²) in [6.07, 6.45) is 0. The van der Waals surface area contributed by atoms with E-state index in [4.69, 9.17) is 15.1 Å². The van der Waals surface area contributed by atoms with Crippen molar-refractivity contribution in [2.75, 3.05) is 0 Å². The SMILES string of the molecule is [2H]c1c(C([2H])([2H])[2H])c([2H])c(C([2H])([2H])[2H])c(OC(C)=O)c1C([2H])([2H])[2H]. The second-order valence-electron chi connectivity index (χ2n) is 2.30. The van der Waals surface area contributed by atoms with Crippen LogP contribution < -0.4 is 4.74 Å². The zero-order valence-electron chi connectivity index (χ0n) is 17.8. The highest BCUT2D eigenvalue weighted by atomic mass is 16.5. The fourth-order valence-corrected chi connectivity index (χ4v) is 0.766. The van der Waals surface area contributed by atoms with Crippen LogP contribution in [0.5, 0.6) is 5.75 Å². The van der Waals surface area contributed by atoms with E-state index in [2.05, 4.69) is 4.74 Å². The minimum atomic E-state index is -3.13. The number of benzene rings is 1. The van der Waals surface area contributed by atoms with Gasteiger partial charge in [-0.05, 0) is 31.7 Å². The van der Waals surface area contributed by atoms with Crippen molar-refractivity contribution < 1.29 is 24.6 Å². The number of carbonyl (C=O) groups is 1. The van der Waals surface area contributed by atoms with Gasteiger partial charge in [0.15, 0.2) is 0 Å². The Bertz CT molecular complexity index is 626. The molecule has 1 aromatic carbocycles. The number of hydrogen-bond donors (Lipinski definition) is 0. The first-order valence-electron chi connectivity index (χ1n) is 8.86. The molecular formula is C11H14O2. The molecule has 0 saturated heterocycles. The molecule has 1 rings (SSSR count). The third kappa shape index (κ3) is 2.31. The summed E-state index contributed by atoms with van der Waals surface area (Å²) in [6.45, 7) is -8.47. The van der Waals surface area contributed by atoms with Gasteiger partial charge < -0.3 is 4.74 Å². The van der Waals surface area contributed by atoms with E-state index in [1.165, 1.54) is 0 Å². The predicted octanol–water partition coefficient (Wildman–Crippen LogP) is 2.54. The first-order valence-corrected chi connectivity index (χ1v) is 3.36. The lowest BCUT2D eigenvalue weighted by molar-refractivity contribution is -0.131. The minimum absolute atomic E-state index is 0.886. The minimum Gasteiger partial charge on any atom is -0.426 e. The Balaban J connectivity index is 4.17.